The van der Waals surface area contributed by atoms with E-state index in [0.29, 0.717) is 39.2 Å². The van der Waals surface area contributed by atoms with Crippen molar-refractivity contribution in [3.05, 3.63) is 59.7 Å². The van der Waals surface area contributed by atoms with E-state index in [1.165, 1.54) is 22.3 Å². The first kappa shape index (κ1) is 19.9. The first-order valence-corrected chi connectivity index (χ1v) is 10.3. The van der Waals surface area contributed by atoms with Gasteiger partial charge in [-0.3, -0.25) is 0 Å². The van der Waals surface area contributed by atoms with Crippen LogP contribution in [0.5, 0.6) is 0 Å². The number of fused-ring (bicyclic) bond motifs is 3. The third-order valence-corrected chi connectivity index (χ3v) is 6.60. The Morgan fingerprint density at radius 3 is 2.24 bits per heavy atom. The number of hydrogen-bond acceptors (Lipinski definition) is 4. The van der Waals surface area contributed by atoms with E-state index in [1.807, 2.05) is 38.1 Å². The van der Waals surface area contributed by atoms with E-state index in [2.05, 4.69) is 29.6 Å². The summed E-state index contributed by atoms with van der Waals surface area (Å²) in [6, 6.07) is 16.6. The van der Waals surface area contributed by atoms with Crippen LogP contribution < -0.4 is 5.32 Å². The summed E-state index contributed by atoms with van der Waals surface area (Å²) in [5.74, 6) is 0.0424. The lowest BCUT2D eigenvalue weighted by Gasteiger charge is -2.45. The standard InChI is InChI=1S/C24H29NO4/c1-23(2,24(27)11-13-28-14-12-24)16-25-22(26)29-15-21-19-9-5-3-7-17(19)18-8-4-6-10-20(18)21/h3-10,21,27H,11-16H2,1-2H3,(H,25,26). The van der Waals surface area contributed by atoms with Gasteiger partial charge >= 0.3 is 6.09 Å². The predicted octanol–water partition coefficient (Wildman–Crippen LogP) is 4.09. The van der Waals surface area contributed by atoms with Crippen LogP contribution in [0.4, 0.5) is 4.79 Å². The van der Waals surface area contributed by atoms with Crippen LogP contribution >= 0.6 is 0 Å². The van der Waals surface area contributed by atoms with Gasteiger partial charge in [0.15, 0.2) is 0 Å². The summed E-state index contributed by atoms with van der Waals surface area (Å²) < 4.78 is 11.0. The molecule has 4 rings (SSSR count). The van der Waals surface area contributed by atoms with E-state index in [4.69, 9.17) is 9.47 Å². The number of benzene rings is 2. The molecule has 2 aromatic carbocycles. The summed E-state index contributed by atoms with van der Waals surface area (Å²) in [5.41, 5.74) is 3.49. The Hall–Kier alpha value is -2.37. The zero-order valence-electron chi connectivity index (χ0n) is 17.1. The first-order chi connectivity index (χ1) is 13.9. The highest BCUT2D eigenvalue weighted by Crippen LogP contribution is 2.44. The fraction of sp³-hybridized carbons (Fsp3) is 0.458. The molecule has 1 aliphatic heterocycles. The van der Waals surface area contributed by atoms with Gasteiger partial charge in [0.25, 0.3) is 0 Å². The third kappa shape index (κ3) is 3.77. The lowest BCUT2D eigenvalue weighted by atomic mass is 9.70. The van der Waals surface area contributed by atoms with Crippen LogP contribution in [-0.4, -0.2) is 43.2 Å². The SMILES string of the molecule is CC(C)(CNC(=O)OCC1c2ccccc2-c2ccccc21)C1(O)CCOCC1. The molecule has 2 aliphatic rings. The number of alkyl carbamates (subject to hydrolysis) is 1. The third-order valence-electron chi connectivity index (χ3n) is 6.60. The lowest BCUT2D eigenvalue weighted by molar-refractivity contribution is -0.130. The van der Waals surface area contributed by atoms with Crippen molar-refractivity contribution in [2.24, 2.45) is 5.41 Å². The molecule has 0 spiro atoms. The molecule has 2 aromatic rings. The molecule has 0 unspecified atom stereocenters. The number of nitrogens with one attached hydrogen (secondary N) is 1. The van der Waals surface area contributed by atoms with Gasteiger partial charge in [0.2, 0.25) is 0 Å². The Labute approximate surface area is 172 Å². The summed E-state index contributed by atoms with van der Waals surface area (Å²) in [6.45, 7) is 5.68. The van der Waals surface area contributed by atoms with Gasteiger partial charge in [-0.1, -0.05) is 62.4 Å². The van der Waals surface area contributed by atoms with Gasteiger partial charge in [0.1, 0.15) is 6.61 Å². The summed E-state index contributed by atoms with van der Waals surface area (Å²) in [4.78, 5) is 12.4. The van der Waals surface area contributed by atoms with Gasteiger partial charge in [-0.15, -0.1) is 0 Å². The topological polar surface area (TPSA) is 67.8 Å². The minimum atomic E-state index is -0.845. The molecule has 0 saturated carbocycles. The number of rotatable bonds is 5. The maximum Gasteiger partial charge on any atom is 0.407 e. The molecule has 0 aromatic heterocycles. The van der Waals surface area contributed by atoms with Crippen molar-refractivity contribution in [2.45, 2.75) is 38.2 Å². The average molecular weight is 395 g/mol. The highest BCUT2D eigenvalue weighted by molar-refractivity contribution is 5.79. The minimum absolute atomic E-state index is 0.0424. The quantitative estimate of drug-likeness (QED) is 0.800. The van der Waals surface area contributed by atoms with E-state index >= 15 is 0 Å². The highest BCUT2D eigenvalue weighted by Gasteiger charge is 2.44. The fourth-order valence-electron chi connectivity index (χ4n) is 4.49. The van der Waals surface area contributed by atoms with E-state index in [-0.39, 0.29) is 5.92 Å². The Bertz CT molecular complexity index is 840. The van der Waals surface area contributed by atoms with E-state index in [9.17, 15) is 9.90 Å². The summed E-state index contributed by atoms with van der Waals surface area (Å²) in [5, 5.41) is 13.8. The number of aliphatic hydroxyl groups is 1. The monoisotopic (exact) mass is 395 g/mol. The molecule has 29 heavy (non-hydrogen) atoms. The molecule has 5 nitrogen and oxygen atoms in total. The highest BCUT2D eigenvalue weighted by atomic mass is 16.5. The van der Waals surface area contributed by atoms with Crippen LogP contribution in [0.15, 0.2) is 48.5 Å². The second-order valence-electron chi connectivity index (χ2n) is 8.71. The van der Waals surface area contributed by atoms with Gasteiger partial charge in [-0.05, 0) is 22.3 Å². The van der Waals surface area contributed by atoms with E-state index < -0.39 is 17.1 Å². The lowest BCUT2D eigenvalue weighted by Crippen LogP contribution is -2.53. The van der Waals surface area contributed by atoms with Crippen molar-refractivity contribution in [1.29, 1.82) is 0 Å². The number of carbonyl (C=O) groups is 1. The zero-order chi connectivity index (χ0) is 20.5. The van der Waals surface area contributed by atoms with Crippen LogP contribution in [0.3, 0.4) is 0 Å². The van der Waals surface area contributed by atoms with Crippen LogP contribution in [0.25, 0.3) is 11.1 Å². The van der Waals surface area contributed by atoms with Crippen molar-refractivity contribution in [3.63, 3.8) is 0 Å². The second-order valence-corrected chi connectivity index (χ2v) is 8.71. The minimum Gasteiger partial charge on any atom is -0.449 e. The number of ether oxygens (including phenoxy) is 2. The average Bonchev–Trinajstić information content (AvgIpc) is 3.05. The Morgan fingerprint density at radius 2 is 1.66 bits per heavy atom. The molecule has 1 heterocycles. The maximum absolute atomic E-state index is 12.4. The molecule has 0 radical (unpaired) electrons. The van der Waals surface area contributed by atoms with Gasteiger partial charge in [0.05, 0.1) is 5.60 Å². The Morgan fingerprint density at radius 1 is 1.10 bits per heavy atom. The van der Waals surface area contributed by atoms with Crippen molar-refractivity contribution < 1.29 is 19.4 Å². The van der Waals surface area contributed by atoms with Crippen LogP contribution in [0.2, 0.25) is 0 Å². The van der Waals surface area contributed by atoms with Crippen molar-refractivity contribution in [3.8, 4) is 11.1 Å². The second kappa shape index (κ2) is 7.81. The van der Waals surface area contributed by atoms with Crippen LogP contribution in [0.1, 0.15) is 43.7 Å². The predicted molar refractivity (Wildman–Crippen MR) is 112 cm³/mol. The normalized spacial score (nSPS) is 18.0. The molecule has 0 bridgehead atoms. The zero-order valence-corrected chi connectivity index (χ0v) is 17.1. The summed E-state index contributed by atoms with van der Waals surface area (Å²) in [7, 11) is 0. The van der Waals surface area contributed by atoms with Gasteiger partial charge in [-0.25, -0.2) is 4.79 Å². The smallest absolute Gasteiger partial charge is 0.407 e. The Balaban J connectivity index is 1.38. The first-order valence-electron chi connectivity index (χ1n) is 10.3. The molecule has 1 aliphatic carbocycles. The van der Waals surface area contributed by atoms with Gasteiger partial charge in [-0.2, -0.15) is 0 Å². The molecule has 0 atom stereocenters. The number of amides is 1. The number of hydrogen-bond donors (Lipinski definition) is 2. The molecular weight excluding hydrogens is 366 g/mol. The fourth-order valence-corrected chi connectivity index (χ4v) is 4.49. The molecule has 2 N–H and O–H groups in total. The molecular formula is C24H29NO4. The molecule has 5 heteroatoms. The summed E-state index contributed by atoms with van der Waals surface area (Å²) in [6.07, 6.45) is 0.703. The summed E-state index contributed by atoms with van der Waals surface area (Å²) >= 11 is 0. The van der Waals surface area contributed by atoms with Crippen molar-refractivity contribution in [1.82, 2.24) is 5.32 Å². The molecule has 1 fully saturated rings. The van der Waals surface area contributed by atoms with E-state index in [1.54, 1.807) is 0 Å². The molecule has 154 valence electrons. The van der Waals surface area contributed by atoms with Crippen molar-refractivity contribution >= 4 is 6.09 Å². The molecule has 1 amide bonds. The maximum atomic E-state index is 12.4. The van der Waals surface area contributed by atoms with Crippen LogP contribution in [-0.2, 0) is 9.47 Å². The van der Waals surface area contributed by atoms with E-state index in [0.717, 1.165) is 0 Å². The van der Waals surface area contributed by atoms with Gasteiger partial charge in [0, 0.05) is 43.9 Å². The van der Waals surface area contributed by atoms with Gasteiger partial charge < -0.3 is 19.9 Å². The molecule has 1 saturated heterocycles. The Kier molecular flexibility index (Phi) is 5.36. The van der Waals surface area contributed by atoms with Crippen molar-refractivity contribution in [2.75, 3.05) is 26.4 Å². The largest absolute Gasteiger partial charge is 0.449 e. The van der Waals surface area contributed by atoms with Crippen LogP contribution in [0, 0.1) is 5.41 Å². The number of carbonyl (C=O) groups excluding carboxylic acids is 1.